The minimum atomic E-state index is -4.15. The Balaban J connectivity index is 2.41. The average Bonchev–Trinajstić information content (AvgIpc) is 2.83. The summed E-state index contributed by atoms with van der Waals surface area (Å²) < 4.78 is 51.5. The number of ether oxygens (including phenoxy) is 2. The maximum absolute atomic E-state index is 13.7. The molecular weight excluding hydrogens is 463 g/mol. The van der Waals surface area contributed by atoms with Crippen molar-refractivity contribution in [1.29, 1.82) is 0 Å². The predicted octanol–water partition coefficient (Wildman–Crippen LogP) is 3.93. The summed E-state index contributed by atoms with van der Waals surface area (Å²) in [5.41, 5.74) is 2.23. The number of hydrogen-bond acceptors (Lipinski definition) is 6. The van der Waals surface area contributed by atoms with Crippen LogP contribution in [0.4, 0.5) is 4.39 Å². The third-order valence-corrected chi connectivity index (χ3v) is 7.02. The number of hydrogen-bond donors (Lipinski definition) is 2. The summed E-state index contributed by atoms with van der Waals surface area (Å²) in [5, 5.41) is 9.33. The molecule has 0 saturated heterocycles. The van der Waals surface area contributed by atoms with Gasteiger partial charge in [-0.1, -0.05) is 26.0 Å². The van der Waals surface area contributed by atoms with Crippen molar-refractivity contribution >= 4 is 15.9 Å². The maximum atomic E-state index is 13.7. The quantitative estimate of drug-likeness (QED) is 0.233. The standard InChI is InChI=1S/C24H33FN2O6S/c1-18(2)15-23(24(28)26-29)27(17-19-7-6-8-21(16-19)32-3)34(30,31)22-11-9-20(10-12-22)33-14-5-4-13-25/h6-12,16,18,23,29H,4-5,13-15,17H2,1-3H3,(H,26,28). The molecule has 2 N–H and O–H groups in total. The van der Waals surface area contributed by atoms with Crippen molar-refractivity contribution in [3.8, 4) is 11.5 Å². The molecule has 34 heavy (non-hydrogen) atoms. The van der Waals surface area contributed by atoms with E-state index in [0.29, 0.717) is 36.5 Å². The molecule has 0 aliphatic rings. The molecule has 0 radical (unpaired) electrons. The summed E-state index contributed by atoms with van der Waals surface area (Å²) >= 11 is 0. The molecule has 2 aromatic rings. The Hall–Kier alpha value is -2.69. The van der Waals surface area contributed by atoms with Crippen LogP contribution < -0.4 is 15.0 Å². The first-order valence-corrected chi connectivity index (χ1v) is 12.5. The van der Waals surface area contributed by atoms with Crippen molar-refractivity contribution in [3.63, 3.8) is 0 Å². The zero-order chi connectivity index (χ0) is 25.1. The highest BCUT2D eigenvalue weighted by atomic mass is 32.2. The van der Waals surface area contributed by atoms with Gasteiger partial charge in [0.15, 0.2) is 0 Å². The highest BCUT2D eigenvalue weighted by Gasteiger charge is 2.36. The molecule has 1 amide bonds. The molecule has 10 heteroatoms. The Morgan fingerprint density at radius 2 is 1.82 bits per heavy atom. The summed E-state index contributed by atoms with van der Waals surface area (Å²) in [5.74, 6) is 0.179. The number of nitrogens with zero attached hydrogens (tertiary/aromatic N) is 1. The van der Waals surface area contributed by atoms with Gasteiger partial charge in [0.05, 0.1) is 25.3 Å². The van der Waals surface area contributed by atoms with E-state index in [9.17, 15) is 22.8 Å². The Labute approximate surface area is 200 Å². The lowest BCUT2D eigenvalue weighted by Gasteiger charge is -2.30. The fraction of sp³-hybridized carbons (Fsp3) is 0.458. The van der Waals surface area contributed by atoms with Crippen LogP contribution in [-0.4, -0.2) is 50.3 Å². The molecule has 0 heterocycles. The van der Waals surface area contributed by atoms with E-state index in [2.05, 4.69) is 0 Å². The molecule has 1 unspecified atom stereocenters. The number of amides is 1. The van der Waals surface area contributed by atoms with E-state index in [-0.39, 0.29) is 23.8 Å². The van der Waals surface area contributed by atoms with Gasteiger partial charge in [-0.2, -0.15) is 4.31 Å². The summed E-state index contributed by atoms with van der Waals surface area (Å²) in [6.07, 6.45) is 1.15. The molecule has 0 fully saturated rings. The topological polar surface area (TPSA) is 105 Å². The van der Waals surface area contributed by atoms with Gasteiger partial charge >= 0.3 is 0 Å². The lowest BCUT2D eigenvalue weighted by atomic mass is 10.0. The van der Waals surface area contributed by atoms with Crippen LogP contribution in [0, 0.1) is 5.92 Å². The summed E-state index contributed by atoms with van der Waals surface area (Å²) in [7, 11) is -2.64. The summed E-state index contributed by atoms with van der Waals surface area (Å²) in [6.45, 7) is 3.53. The van der Waals surface area contributed by atoms with Gasteiger partial charge in [-0.15, -0.1) is 0 Å². The van der Waals surface area contributed by atoms with Crippen LogP contribution in [0.15, 0.2) is 53.4 Å². The van der Waals surface area contributed by atoms with Crippen molar-refractivity contribution in [2.75, 3.05) is 20.4 Å². The zero-order valence-corrected chi connectivity index (χ0v) is 20.6. The van der Waals surface area contributed by atoms with Crippen LogP contribution in [0.2, 0.25) is 0 Å². The van der Waals surface area contributed by atoms with Gasteiger partial charge in [0.1, 0.15) is 17.5 Å². The second kappa shape index (κ2) is 13.3. The smallest absolute Gasteiger partial charge is 0.261 e. The second-order valence-corrected chi connectivity index (χ2v) is 10.1. The van der Waals surface area contributed by atoms with Crippen LogP contribution in [0.1, 0.15) is 38.7 Å². The largest absolute Gasteiger partial charge is 0.497 e. The van der Waals surface area contributed by atoms with Crippen LogP contribution in [0.25, 0.3) is 0 Å². The fourth-order valence-corrected chi connectivity index (χ4v) is 5.01. The Morgan fingerprint density at radius 3 is 2.41 bits per heavy atom. The maximum Gasteiger partial charge on any atom is 0.261 e. The number of benzene rings is 2. The third kappa shape index (κ3) is 7.68. The number of halogens is 1. The molecule has 0 aliphatic carbocycles. The molecular formula is C24H33FN2O6S. The highest BCUT2D eigenvalue weighted by molar-refractivity contribution is 7.89. The zero-order valence-electron chi connectivity index (χ0n) is 19.7. The van der Waals surface area contributed by atoms with Gasteiger partial charge in [0.2, 0.25) is 10.0 Å². The second-order valence-electron chi connectivity index (χ2n) is 8.24. The van der Waals surface area contributed by atoms with Crippen molar-refractivity contribution in [2.45, 2.75) is 50.6 Å². The number of alkyl halides is 1. The van der Waals surface area contributed by atoms with Crippen molar-refractivity contribution < 1.29 is 32.3 Å². The molecule has 0 aliphatic heterocycles. The molecule has 0 bridgehead atoms. The van der Waals surface area contributed by atoms with Gasteiger partial charge in [-0.05, 0) is 67.1 Å². The van der Waals surface area contributed by atoms with E-state index in [1.54, 1.807) is 29.7 Å². The van der Waals surface area contributed by atoms with Crippen LogP contribution in [-0.2, 0) is 21.4 Å². The molecule has 0 aromatic heterocycles. The molecule has 1 atom stereocenters. The van der Waals surface area contributed by atoms with E-state index in [1.165, 1.54) is 31.4 Å². The van der Waals surface area contributed by atoms with Gasteiger partial charge in [-0.25, -0.2) is 13.9 Å². The number of hydroxylamine groups is 1. The molecule has 0 spiro atoms. The third-order valence-electron chi connectivity index (χ3n) is 5.15. The monoisotopic (exact) mass is 496 g/mol. The molecule has 188 valence electrons. The average molecular weight is 497 g/mol. The molecule has 8 nitrogen and oxygen atoms in total. The molecule has 2 rings (SSSR count). The lowest BCUT2D eigenvalue weighted by molar-refractivity contribution is -0.133. The first-order valence-electron chi connectivity index (χ1n) is 11.1. The van der Waals surface area contributed by atoms with Gasteiger partial charge in [0.25, 0.3) is 5.91 Å². The van der Waals surface area contributed by atoms with Crippen LogP contribution in [0.5, 0.6) is 11.5 Å². The van der Waals surface area contributed by atoms with Crippen molar-refractivity contribution in [2.24, 2.45) is 5.92 Å². The minimum absolute atomic E-state index is 0.0222. The van der Waals surface area contributed by atoms with E-state index in [4.69, 9.17) is 9.47 Å². The minimum Gasteiger partial charge on any atom is -0.497 e. The van der Waals surface area contributed by atoms with Crippen LogP contribution >= 0.6 is 0 Å². The Bertz CT molecular complexity index is 1010. The normalized spacial score (nSPS) is 12.6. The number of nitrogens with one attached hydrogen (secondary N) is 1. The number of sulfonamides is 1. The van der Waals surface area contributed by atoms with Crippen LogP contribution in [0.3, 0.4) is 0 Å². The van der Waals surface area contributed by atoms with Crippen molar-refractivity contribution in [3.05, 3.63) is 54.1 Å². The number of carbonyl (C=O) groups excluding carboxylic acids is 1. The fourth-order valence-electron chi connectivity index (χ4n) is 3.42. The number of carbonyl (C=O) groups is 1. The predicted molar refractivity (Wildman–Crippen MR) is 126 cm³/mol. The molecule has 0 saturated carbocycles. The molecule has 2 aromatic carbocycles. The number of methoxy groups -OCH3 is 1. The highest BCUT2D eigenvalue weighted by Crippen LogP contribution is 2.27. The van der Waals surface area contributed by atoms with E-state index in [1.807, 2.05) is 13.8 Å². The Kier molecular flexibility index (Phi) is 10.7. The van der Waals surface area contributed by atoms with E-state index >= 15 is 0 Å². The van der Waals surface area contributed by atoms with Crippen molar-refractivity contribution in [1.82, 2.24) is 9.79 Å². The van der Waals surface area contributed by atoms with Gasteiger partial charge in [-0.3, -0.25) is 14.4 Å². The summed E-state index contributed by atoms with van der Waals surface area (Å²) in [4.78, 5) is 12.5. The van der Waals surface area contributed by atoms with E-state index < -0.39 is 28.6 Å². The van der Waals surface area contributed by atoms with E-state index in [0.717, 1.165) is 4.31 Å². The first kappa shape index (κ1) is 27.6. The number of unbranched alkanes of at least 4 members (excludes halogenated alkanes) is 1. The summed E-state index contributed by atoms with van der Waals surface area (Å²) in [6, 6.07) is 11.6. The lowest BCUT2D eigenvalue weighted by Crippen LogP contribution is -2.49. The van der Waals surface area contributed by atoms with Gasteiger partial charge < -0.3 is 9.47 Å². The van der Waals surface area contributed by atoms with Gasteiger partial charge in [0, 0.05) is 6.54 Å². The number of rotatable bonds is 14. The SMILES string of the molecule is COc1cccc(CN(C(CC(C)C)C(=O)NO)S(=O)(=O)c2ccc(OCCCCF)cc2)c1. The first-order chi connectivity index (χ1) is 16.2. The Morgan fingerprint density at radius 1 is 1.12 bits per heavy atom.